The molecule has 0 heterocycles. The third kappa shape index (κ3) is 3.87. The van der Waals surface area contributed by atoms with Crippen molar-refractivity contribution < 1.29 is 14.3 Å². The average molecular weight is 278 g/mol. The summed E-state index contributed by atoms with van der Waals surface area (Å²) in [4.78, 5) is 11.9. The maximum Gasteiger partial charge on any atom is 0.411 e. The molecule has 1 saturated carbocycles. The molecule has 2 N–H and O–H groups in total. The molecular weight excluding hydrogens is 256 g/mol. The largest absolute Gasteiger partial charge is 0.497 e. The maximum absolute atomic E-state index is 11.9. The fourth-order valence-electron chi connectivity index (χ4n) is 2.55. The van der Waals surface area contributed by atoms with E-state index in [9.17, 15) is 4.79 Å². The van der Waals surface area contributed by atoms with E-state index in [1.54, 1.807) is 19.2 Å². The van der Waals surface area contributed by atoms with E-state index >= 15 is 0 Å². The van der Waals surface area contributed by atoms with Crippen LogP contribution in [0, 0.1) is 0 Å². The van der Waals surface area contributed by atoms with Crippen LogP contribution in [0.4, 0.5) is 10.5 Å². The van der Waals surface area contributed by atoms with Gasteiger partial charge in [-0.05, 0) is 38.4 Å². The predicted octanol–water partition coefficient (Wildman–Crippen LogP) is 2.77. The molecule has 1 aromatic rings. The Balaban J connectivity index is 1.90. The molecule has 1 aromatic carbocycles. The van der Waals surface area contributed by atoms with Crippen molar-refractivity contribution in [1.82, 2.24) is 5.32 Å². The Kier molecular flexibility index (Phi) is 5.24. The average Bonchev–Trinajstić information content (AvgIpc) is 2.48. The molecule has 1 aliphatic rings. The SMILES string of the molecule is CNC1CCCCC1OC(=O)Nc1cccc(OC)c1. The van der Waals surface area contributed by atoms with Gasteiger partial charge in [0.05, 0.1) is 7.11 Å². The molecule has 0 spiro atoms. The first-order chi connectivity index (χ1) is 9.72. The van der Waals surface area contributed by atoms with Gasteiger partial charge in [-0.3, -0.25) is 5.32 Å². The molecule has 2 unspecified atom stereocenters. The number of rotatable bonds is 4. The Morgan fingerprint density at radius 1 is 1.30 bits per heavy atom. The lowest BCUT2D eigenvalue weighted by Crippen LogP contribution is -2.43. The molecule has 0 saturated heterocycles. The van der Waals surface area contributed by atoms with Crippen LogP contribution in [0.25, 0.3) is 0 Å². The van der Waals surface area contributed by atoms with E-state index in [1.165, 1.54) is 6.42 Å². The molecule has 110 valence electrons. The van der Waals surface area contributed by atoms with E-state index < -0.39 is 6.09 Å². The molecule has 5 nitrogen and oxygen atoms in total. The lowest BCUT2D eigenvalue weighted by molar-refractivity contribution is 0.0640. The van der Waals surface area contributed by atoms with E-state index in [4.69, 9.17) is 9.47 Å². The number of nitrogens with one attached hydrogen (secondary N) is 2. The van der Waals surface area contributed by atoms with E-state index in [0.717, 1.165) is 19.3 Å². The summed E-state index contributed by atoms with van der Waals surface area (Å²) in [5.74, 6) is 0.702. The Labute approximate surface area is 119 Å². The fraction of sp³-hybridized carbons (Fsp3) is 0.533. The summed E-state index contributed by atoms with van der Waals surface area (Å²) >= 11 is 0. The van der Waals surface area contributed by atoms with E-state index in [-0.39, 0.29) is 12.1 Å². The van der Waals surface area contributed by atoms with Crippen LogP contribution in [0.2, 0.25) is 0 Å². The van der Waals surface area contributed by atoms with Crippen LogP contribution in [-0.2, 0) is 4.74 Å². The summed E-state index contributed by atoms with van der Waals surface area (Å²) in [5, 5.41) is 5.96. The zero-order valence-electron chi connectivity index (χ0n) is 12.0. The van der Waals surface area contributed by atoms with Gasteiger partial charge in [-0.1, -0.05) is 12.5 Å². The first-order valence-corrected chi connectivity index (χ1v) is 7.02. The minimum atomic E-state index is -0.412. The lowest BCUT2D eigenvalue weighted by atomic mass is 9.92. The smallest absolute Gasteiger partial charge is 0.411 e. The highest BCUT2D eigenvalue weighted by atomic mass is 16.6. The number of carbonyl (C=O) groups is 1. The van der Waals surface area contributed by atoms with Crippen molar-refractivity contribution in [2.24, 2.45) is 0 Å². The summed E-state index contributed by atoms with van der Waals surface area (Å²) in [5.41, 5.74) is 0.672. The molecule has 0 aliphatic heterocycles. The van der Waals surface area contributed by atoms with Gasteiger partial charge in [0.15, 0.2) is 0 Å². The van der Waals surface area contributed by atoms with Crippen molar-refractivity contribution in [2.75, 3.05) is 19.5 Å². The first-order valence-electron chi connectivity index (χ1n) is 7.02. The normalized spacial score (nSPS) is 22.1. The molecule has 20 heavy (non-hydrogen) atoms. The maximum atomic E-state index is 11.9. The van der Waals surface area contributed by atoms with Crippen LogP contribution in [-0.4, -0.2) is 32.4 Å². The Bertz CT molecular complexity index is 450. The monoisotopic (exact) mass is 278 g/mol. The second-order valence-corrected chi connectivity index (χ2v) is 4.98. The molecule has 1 fully saturated rings. The minimum absolute atomic E-state index is 0.0562. The molecule has 1 amide bonds. The number of hydrogen-bond acceptors (Lipinski definition) is 4. The number of carbonyl (C=O) groups excluding carboxylic acids is 1. The highest BCUT2D eigenvalue weighted by Gasteiger charge is 2.27. The van der Waals surface area contributed by atoms with Gasteiger partial charge < -0.3 is 14.8 Å². The van der Waals surface area contributed by atoms with Crippen molar-refractivity contribution >= 4 is 11.8 Å². The molecule has 1 aliphatic carbocycles. The number of benzene rings is 1. The van der Waals surface area contributed by atoms with E-state index in [2.05, 4.69) is 10.6 Å². The topological polar surface area (TPSA) is 59.6 Å². The van der Waals surface area contributed by atoms with Gasteiger partial charge in [-0.2, -0.15) is 0 Å². The van der Waals surface area contributed by atoms with Crippen LogP contribution >= 0.6 is 0 Å². The third-order valence-electron chi connectivity index (χ3n) is 3.65. The van der Waals surface area contributed by atoms with Gasteiger partial charge in [-0.25, -0.2) is 4.79 Å². The Hall–Kier alpha value is -1.75. The molecule has 2 rings (SSSR count). The van der Waals surface area contributed by atoms with E-state index in [1.807, 2.05) is 19.2 Å². The Morgan fingerprint density at radius 3 is 2.85 bits per heavy atom. The molecule has 2 atom stereocenters. The van der Waals surface area contributed by atoms with Gasteiger partial charge in [0.2, 0.25) is 0 Å². The van der Waals surface area contributed by atoms with Crippen LogP contribution in [0.15, 0.2) is 24.3 Å². The van der Waals surface area contributed by atoms with Gasteiger partial charge in [0.1, 0.15) is 11.9 Å². The fourth-order valence-corrected chi connectivity index (χ4v) is 2.55. The quantitative estimate of drug-likeness (QED) is 0.889. The second-order valence-electron chi connectivity index (χ2n) is 4.98. The molecule has 5 heteroatoms. The molecule has 0 radical (unpaired) electrons. The summed E-state index contributed by atoms with van der Waals surface area (Å²) in [6, 6.07) is 7.47. The van der Waals surface area contributed by atoms with Gasteiger partial charge in [-0.15, -0.1) is 0 Å². The van der Waals surface area contributed by atoms with Crippen molar-refractivity contribution in [3.63, 3.8) is 0 Å². The van der Waals surface area contributed by atoms with Crippen molar-refractivity contribution in [3.8, 4) is 5.75 Å². The zero-order valence-corrected chi connectivity index (χ0v) is 12.0. The van der Waals surface area contributed by atoms with Crippen LogP contribution in [0.5, 0.6) is 5.75 Å². The lowest BCUT2D eigenvalue weighted by Gasteiger charge is -2.30. The van der Waals surface area contributed by atoms with Crippen molar-refractivity contribution in [3.05, 3.63) is 24.3 Å². The van der Waals surface area contributed by atoms with Crippen LogP contribution in [0.1, 0.15) is 25.7 Å². The van der Waals surface area contributed by atoms with Crippen LogP contribution < -0.4 is 15.4 Å². The minimum Gasteiger partial charge on any atom is -0.497 e. The Morgan fingerprint density at radius 2 is 2.10 bits per heavy atom. The van der Waals surface area contributed by atoms with Gasteiger partial charge in [0, 0.05) is 17.8 Å². The number of ether oxygens (including phenoxy) is 2. The molecule has 0 bridgehead atoms. The summed E-state index contributed by atoms with van der Waals surface area (Å²) in [6.45, 7) is 0. The zero-order chi connectivity index (χ0) is 14.4. The number of hydrogen-bond donors (Lipinski definition) is 2. The van der Waals surface area contributed by atoms with Crippen molar-refractivity contribution in [2.45, 2.75) is 37.8 Å². The number of likely N-dealkylation sites (N-methyl/N-ethyl adjacent to an activating group) is 1. The standard InChI is InChI=1S/C15H22N2O3/c1-16-13-8-3-4-9-14(13)20-15(18)17-11-6-5-7-12(10-11)19-2/h5-7,10,13-14,16H,3-4,8-9H2,1-2H3,(H,17,18). The first kappa shape index (κ1) is 14.7. The third-order valence-corrected chi connectivity index (χ3v) is 3.65. The van der Waals surface area contributed by atoms with Crippen LogP contribution in [0.3, 0.4) is 0 Å². The summed E-state index contributed by atoms with van der Waals surface area (Å²) in [6.07, 6.45) is 3.78. The summed E-state index contributed by atoms with van der Waals surface area (Å²) in [7, 11) is 3.50. The molecular formula is C15H22N2O3. The number of amides is 1. The van der Waals surface area contributed by atoms with Crippen molar-refractivity contribution in [1.29, 1.82) is 0 Å². The highest BCUT2D eigenvalue weighted by Crippen LogP contribution is 2.22. The molecule has 0 aromatic heterocycles. The second kappa shape index (κ2) is 7.14. The van der Waals surface area contributed by atoms with E-state index in [0.29, 0.717) is 11.4 Å². The highest BCUT2D eigenvalue weighted by molar-refractivity contribution is 5.85. The predicted molar refractivity (Wildman–Crippen MR) is 78.2 cm³/mol. The number of anilines is 1. The summed E-state index contributed by atoms with van der Waals surface area (Å²) < 4.78 is 10.6. The number of methoxy groups -OCH3 is 1. The van der Waals surface area contributed by atoms with Gasteiger partial charge >= 0.3 is 6.09 Å². The van der Waals surface area contributed by atoms with Gasteiger partial charge in [0.25, 0.3) is 0 Å².